The quantitative estimate of drug-likeness (QED) is 0.807. The van der Waals surface area contributed by atoms with E-state index >= 15 is 0 Å². The zero-order chi connectivity index (χ0) is 13.4. The first-order chi connectivity index (χ1) is 9.13. The number of anilines is 1. The van der Waals surface area contributed by atoms with E-state index in [0.717, 1.165) is 5.56 Å². The number of Topliss-reactive ketones (excluding diaryl/α,β-unsaturated/α-hetero) is 1. The molecule has 3 rings (SSSR count). The Balaban J connectivity index is 1.96. The number of ketones is 1. The molecule has 1 heterocycles. The van der Waals surface area contributed by atoms with E-state index in [2.05, 4.69) is 0 Å². The Morgan fingerprint density at radius 1 is 1.16 bits per heavy atom. The first-order valence-electron chi connectivity index (χ1n) is 5.98. The number of halogens is 1. The van der Waals surface area contributed by atoms with Crippen molar-refractivity contribution in [3.8, 4) is 5.75 Å². The third-order valence-corrected chi connectivity index (χ3v) is 3.44. The van der Waals surface area contributed by atoms with Crippen molar-refractivity contribution in [2.75, 3.05) is 5.73 Å². The molecule has 1 aliphatic heterocycles. The summed E-state index contributed by atoms with van der Waals surface area (Å²) in [7, 11) is 0. The van der Waals surface area contributed by atoms with Crippen molar-refractivity contribution >= 4 is 23.1 Å². The highest BCUT2D eigenvalue weighted by molar-refractivity contribution is 6.30. The number of ether oxygens (including phenoxy) is 1. The summed E-state index contributed by atoms with van der Waals surface area (Å²) < 4.78 is 5.87. The van der Waals surface area contributed by atoms with Crippen molar-refractivity contribution in [2.24, 2.45) is 0 Å². The normalized spacial score (nSPS) is 17.7. The van der Waals surface area contributed by atoms with Crippen LogP contribution < -0.4 is 10.5 Å². The second-order valence-electron chi connectivity index (χ2n) is 4.54. The van der Waals surface area contributed by atoms with Gasteiger partial charge < -0.3 is 10.5 Å². The number of fused-ring (bicyclic) bond motifs is 1. The molecule has 0 radical (unpaired) electrons. The molecule has 2 aromatic carbocycles. The molecule has 4 heteroatoms. The van der Waals surface area contributed by atoms with E-state index in [1.54, 1.807) is 30.3 Å². The number of hydrogen-bond acceptors (Lipinski definition) is 3. The van der Waals surface area contributed by atoms with Crippen molar-refractivity contribution in [3.63, 3.8) is 0 Å². The number of nitrogen functional groups attached to an aromatic ring is 1. The molecule has 0 amide bonds. The minimum Gasteiger partial charge on any atom is -0.484 e. The van der Waals surface area contributed by atoms with Gasteiger partial charge in [-0.05, 0) is 29.8 Å². The number of hydrogen-bond donors (Lipinski definition) is 1. The number of rotatable bonds is 1. The highest BCUT2D eigenvalue weighted by atomic mass is 35.5. The van der Waals surface area contributed by atoms with Gasteiger partial charge in [-0.15, -0.1) is 0 Å². The smallest absolute Gasteiger partial charge is 0.170 e. The summed E-state index contributed by atoms with van der Waals surface area (Å²) in [6.07, 6.45) is 0.0533. The monoisotopic (exact) mass is 273 g/mol. The van der Waals surface area contributed by atoms with E-state index in [-0.39, 0.29) is 11.9 Å². The lowest BCUT2D eigenvalue weighted by molar-refractivity contribution is 0.0850. The first kappa shape index (κ1) is 12.1. The molecule has 0 bridgehead atoms. The Kier molecular flexibility index (Phi) is 2.91. The first-order valence-corrected chi connectivity index (χ1v) is 6.36. The number of benzene rings is 2. The third-order valence-electron chi connectivity index (χ3n) is 3.19. The second kappa shape index (κ2) is 4.59. The standard InChI is InChI=1S/C15H12ClNO2/c16-10-3-1-9(2-4-10)14-8-13(18)12-6-5-11(17)7-15(12)19-14/h1-7,14H,8,17H2. The number of carbonyl (C=O) groups excluding carboxylic acids is 1. The van der Waals surface area contributed by atoms with Crippen molar-refractivity contribution in [3.05, 3.63) is 58.6 Å². The average molecular weight is 274 g/mol. The van der Waals surface area contributed by atoms with Crippen LogP contribution in [-0.2, 0) is 0 Å². The van der Waals surface area contributed by atoms with Crippen LogP contribution in [0, 0.1) is 0 Å². The Hall–Kier alpha value is -2.00. The van der Waals surface area contributed by atoms with Crippen molar-refractivity contribution in [1.82, 2.24) is 0 Å². The van der Waals surface area contributed by atoms with Gasteiger partial charge in [-0.1, -0.05) is 23.7 Å². The average Bonchev–Trinajstić information content (AvgIpc) is 2.38. The molecule has 1 unspecified atom stereocenters. The third kappa shape index (κ3) is 2.29. The lowest BCUT2D eigenvalue weighted by Gasteiger charge is -2.25. The highest BCUT2D eigenvalue weighted by Gasteiger charge is 2.27. The van der Waals surface area contributed by atoms with E-state index in [1.807, 2.05) is 12.1 Å². The van der Waals surface area contributed by atoms with Crippen molar-refractivity contribution < 1.29 is 9.53 Å². The molecule has 96 valence electrons. The molecule has 1 atom stereocenters. The van der Waals surface area contributed by atoms with Gasteiger partial charge in [-0.2, -0.15) is 0 Å². The van der Waals surface area contributed by atoms with Crippen LogP contribution in [0.25, 0.3) is 0 Å². The molecule has 19 heavy (non-hydrogen) atoms. The summed E-state index contributed by atoms with van der Waals surface area (Å²) in [5.74, 6) is 0.623. The van der Waals surface area contributed by atoms with Crippen LogP contribution in [-0.4, -0.2) is 5.78 Å². The maximum Gasteiger partial charge on any atom is 0.170 e. The van der Waals surface area contributed by atoms with E-state index < -0.39 is 0 Å². The largest absolute Gasteiger partial charge is 0.484 e. The van der Waals surface area contributed by atoms with Crippen LogP contribution in [0.3, 0.4) is 0 Å². The molecule has 0 fully saturated rings. The molecule has 2 aromatic rings. The second-order valence-corrected chi connectivity index (χ2v) is 4.98. The molecule has 2 N–H and O–H groups in total. The van der Waals surface area contributed by atoms with Gasteiger partial charge in [0.15, 0.2) is 5.78 Å². The molecule has 0 aliphatic carbocycles. The zero-order valence-corrected chi connectivity index (χ0v) is 10.9. The topological polar surface area (TPSA) is 52.3 Å². The van der Waals surface area contributed by atoms with Gasteiger partial charge in [0.1, 0.15) is 11.9 Å². The fourth-order valence-corrected chi connectivity index (χ4v) is 2.33. The molecule has 0 saturated carbocycles. The Bertz CT molecular complexity index is 637. The van der Waals surface area contributed by atoms with E-state index in [1.165, 1.54) is 0 Å². The Labute approximate surface area is 115 Å². The van der Waals surface area contributed by atoms with E-state index in [4.69, 9.17) is 22.1 Å². The Morgan fingerprint density at radius 2 is 1.89 bits per heavy atom. The van der Waals surface area contributed by atoms with Gasteiger partial charge in [0, 0.05) is 16.8 Å². The predicted octanol–water partition coefficient (Wildman–Crippen LogP) is 3.63. The van der Waals surface area contributed by atoms with Crippen molar-refractivity contribution in [2.45, 2.75) is 12.5 Å². The lowest BCUT2D eigenvalue weighted by Crippen LogP contribution is -2.20. The SMILES string of the molecule is Nc1ccc2c(c1)OC(c1ccc(Cl)cc1)CC2=O. The van der Waals surface area contributed by atoms with Crippen LogP contribution in [0.1, 0.15) is 28.4 Å². The fraction of sp³-hybridized carbons (Fsp3) is 0.133. The fourth-order valence-electron chi connectivity index (χ4n) is 2.20. The van der Waals surface area contributed by atoms with Gasteiger partial charge in [-0.25, -0.2) is 0 Å². The van der Waals surface area contributed by atoms with E-state index in [0.29, 0.717) is 28.4 Å². The van der Waals surface area contributed by atoms with Gasteiger partial charge in [0.05, 0.1) is 12.0 Å². The van der Waals surface area contributed by atoms with Gasteiger partial charge in [0.2, 0.25) is 0 Å². The maximum absolute atomic E-state index is 12.1. The van der Waals surface area contributed by atoms with Crippen LogP contribution in [0.5, 0.6) is 5.75 Å². The number of nitrogens with two attached hydrogens (primary N) is 1. The van der Waals surface area contributed by atoms with Gasteiger partial charge in [0.25, 0.3) is 0 Å². The minimum atomic E-state index is -0.279. The summed E-state index contributed by atoms with van der Waals surface area (Å²) in [5.41, 5.74) is 7.84. The van der Waals surface area contributed by atoms with Crippen LogP contribution in [0.4, 0.5) is 5.69 Å². The molecule has 0 spiro atoms. The molecule has 1 aliphatic rings. The number of carbonyl (C=O) groups is 1. The van der Waals surface area contributed by atoms with Crippen LogP contribution >= 0.6 is 11.6 Å². The van der Waals surface area contributed by atoms with Gasteiger partial charge >= 0.3 is 0 Å². The Morgan fingerprint density at radius 3 is 2.63 bits per heavy atom. The van der Waals surface area contributed by atoms with Crippen molar-refractivity contribution in [1.29, 1.82) is 0 Å². The predicted molar refractivity (Wildman–Crippen MR) is 74.6 cm³/mol. The molecule has 0 aromatic heterocycles. The summed E-state index contributed by atoms with van der Waals surface area (Å²) >= 11 is 5.86. The lowest BCUT2D eigenvalue weighted by atomic mass is 9.96. The summed E-state index contributed by atoms with van der Waals surface area (Å²) in [4.78, 5) is 12.1. The highest BCUT2D eigenvalue weighted by Crippen LogP contribution is 2.36. The van der Waals surface area contributed by atoms with Gasteiger partial charge in [-0.3, -0.25) is 4.79 Å². The van der Waals surface area contributed by atoms with Crippen LogP contribution in [0.2, 0.25) is 5.02 Å². The summed E-state index contributed by atoms with van der Waals surface area (Å²) in [5, 5.41) is 0.663. The molecular formula is C15H12ClNO2. The molecular weight excluding hydrogens is 262 g/mol. The summed E-state index contributed by atoms with van der Waals surface area (Å²) in [6, 6.07) is 12.4. The molecule has 0 saturated heterocycles. The summed E-state index contributed by atoms with van der Waals surface area (Å²) in [6.45, 7) is 0. The van der Waals surface area contributed by atoms with Crippen LogP contribution in [0.15, 0.2) is 42.5 Å². The zero-order valence-electron chi connectivity index (χ0n) is 10.1. The minimum absolute atomic E-state index is 0.0706. The maximum atomic E-state index is 12.1. The van der Waals surface area contributed by atoms with E-state index in [9.17, 15) is 4.79 Å². The molecule has 3 nitrogen and oxygen atoms in total.